The van der Waals surface area contributed by atoms with Gasteiger partial charge in [0.1, 0.15) is 11.4 Å². The number of carbonyl (C=O) groups excluding carboxylic acids is 1. The first kappa shape index (κ1) is 18.6. The summed E-state index contributed by atoms with van der Waals surface area (Å²) in [5, 5.41) is 0. The zero-order valence-electron chi connectivity index (χ0n) is 15.7. The maximum atomic E-state index is 12.3. The summed E-state index contributed by atoms with van der Waals surface area (Å²) in [5.74, 6) is 0.713. The minimum Gasteiger partial charge on any atom is -0.369 e. The number of ketones is 1. The van der Waals surface area contributed by atoms with E-state index in [0.717, 1.165) is 16.8 Å². The molecule has 1 aliphatic heterocycles. The van der Waals surface area contributed by atoms with Crippen molar-refractivity contribution in [3.63, 3.8) is 0 Å². The molecule has 6 heteroatoms. The number of hydrogen-bond donors (Lipinski definition) is 2. The van der Waals surface area contributed by atoms with Crippen molar-refractivity contribution in [2.45, 2.75) is 38.8 Å². The molecule has 0 spiro atoms. The fourth-order valence-corrected chi connectivity index (χ4v) is 3.30. The standard InChI is InChI=1S/C21H25N5O/c1-21(2)25-19(22)24-20(23)26(21)17-10-6-9-16(13-17)11-12-18(27)14-15-7-4-3-5-8-15/h3-10,13H,11-12,14H2,1-2H3,(H4,22,23,24,25). The van der Waals surface area contributed by atoms with Crippen LogP contribution >= 0.6 is 0 Å². The number of aryl methyl sites for hydroxylation is 1. The summed E-state index contributed by atoms with van der Waals surface area (Å²) in [5.41, 5.74) is 14.2. The van der Waals surface area contributed by atoms with E-state index in [1.807, 2.05) is 73.3 Å². The van der Waals surface area contributed by atoms with Crippen molar-refractivity contribution in [2.24, 2.45) is 21.5 Å². The van der Waals surface area contributed by atoms with Crippen LogP contribution in [0.4, 0.5) is 5.69 Å². The molecule has 0 atom stereocenters. The minimum atomic E-state index is -0.627. The molecule has 2 aromatic carbocycles. The van der Waals surface area contributed by atoms with Gasteiger partial charge < -0.3 is 11.5 Å². The largest absolute Gasteiger partial charge is 0.369 e. The predicted molar refractivity (Wildman–Crippen MR) is 110 cm³/mol. The maximum absolute atomic E-state index is 12.3. The summed E-state index contributed by atoms with van der Waals surface area (Å²) in [6, 6.07) is 17.8. The van der Waals surface area contributed by atoms with Crippen LogP contribution in [0.25, 0.3) is 0 Å². The summed E-state index contributed by atoms with van der Waals surface area (Å²) in [7, 11) is 0. The summed E-state index contributed by atoms with van der Waals surface area (Å²) in [6.07, 6.45) is 1.64. The highest BCUT2D eigenvalue weighted by Crippen LogP contribution is 2.28. The molecule has 0 aromatic heterocycles. The molecule has 0 saturated heterocycles. The number of nitrogens with two attached hydrogens (primary N) is 2. The molecule has 1 aliphatic rings. The Morgan fingerprint density at radius 3 is 2.44 bits per heavy atom. The average molecular weight is 363 g/mol. The highest BCUT2D eigenvalue weighted by atomic mass is 16.1. The molecule has 0 fully saturated rings. The van der Waals surface area contributed by atoms with Crippen LogP contribution in [0.3, 0.4) is 0 Å². The number of benzene rings is 2. The Kier molecular flexibility index (Phi) is 5.26. The van der Waals surface area contributed by atoms with Crippen LogP contribution in [0.2, 0.25) is 0 Å². The van der Waals surface area contributed by atoms with Crippen LogP contribution in [0.1, 0.15) is 31.4 Å². The first-order valence-corrected chi connectivity index (χ1v) is 8.99. The summed E-state index contributed by atoms with van der Waals surface area (Å²) >= 11 is 0. The van der Waals surface area contributed by atoms with Gasteiger partial charge in [-0.15, -0.1) is 0 Å². The van der Waals surface area contributed by atoms with Gasteiger partial charge in [0.15, 0.2) is 0 Å². The monoisotopic (exact) mass is 363 g/mol. The van der Waals surface area contributed by atoms with Gasteiger partial charge in [-0.05, 0) is 43.5 Å². The molecule has 1 heterocycles. The maximum Gasteiger partial charge on any atom is 0.220 e. The van der Waals surface area contributed by atoms with Gasteiger partial charge in [0.05, 0.1) is 0 Å². The average Bonchev–Trinajstić information content (AvgIpc) is 2.59. The molecule has 3 rings (SSSR count). The molecule has 4 N–H and O–H groups in total. The number of nitrogens with zero attached hydrogens (tertiary/aromatic N) is 3. The predicted octanol–water partition coefficient (Wildman–Crippen LogP) is 2.62. The van der Waals surface area contributed by atoms with Crippen LogP contribution in [-0.2, 0) is 17.6 Å². The number of carbonyl (C=O) groups is 1. The lowest BCUT2D eigenvalue weighted by molar-refractivity contribution is -0.118. The quantitative estimate of drug-likeness (QED) is 0.824. The van der Waals surface area contributed by atoms with E-state index in [0.29, 0.717) is 25.2 Å². The molecule has 0 aliphatic carbocycles. The molecular formula is C21H25N5O. The second-order valence-electron chi connectivity index (χ2n) is 7.14. The third kappa shape index (κ3) is 4.53. The molecule has 0 bridgehead atoms. The zero-order chi connectivity index (χ0) is 19.4. The Hall–Kier alpha value is -3.15. The van der Waals surface area contributed by atoms with E-state index in [4.69, 9.17) is 11.5 Å². The summed E-state index contributed by atoms with van der Waals surface area (Å²) in [6.45, 7) is 3.86. The fraction of sp³-hybridized carbons (Fsp3) is 0.286. The van der Waals surface area contributed by atoms with E-state index >= 15 is 0 Å². The van der Waals surface area contributed by atoms with Gasteiger partial charge in [0.25, 0.3) is 0 Å². The topological polar surface area (TPSA) is 97.1 Å². The van der Waals surface area contributed by atoms with Crippen molar-refractivity contribution in [3.05, 3.63) is 65.7 Å². The van der Waals surface area contributed by atoms with Crippen LogP contribution in [0.15, 0.2) is 64.6 Å². The molecule has 2 aromatic rings. The van der Waals surface area contributed by atoms with E-state index in [9.17, 15) is 4.79 Å². The van der Waals surface area contributed by atoms with E-state index < -0.39 is 5.66 Å². The van der Waals surface area contributed by atoms with Crippen molar-refractivity contribution >= 4 is 23.4 Å². The highest BCUT2D eigenvalue weighted by Gasteiger charge is 2.32. The van der Waals surface area contributed by atoms with Crippen molar-refractivity contribution in [2.75, 3.05) is 4.90 Å². The highest BCUT2D eigenvalue weighted by molar-refractivity contribution is 6.05. The lowest BCUT2D eigenvalue weighted by Crippen LogP contribution is -2.54. The molecule has 0 radical (unpaired) electrons. The summed E-state index contributed by atoms with van der Waals surface area (Å²) < 4.78 is 0. The van der Waals surface area contributed by atoms with Gasteiger partial charge in [-0.1, -0.05) is 42.5 Å². The van der Waals surface area contributed by atoms with Crippen LogP contribution in [-0.4, -0.2) is 23.4 Å². The van der Waals surface area contributed by atoms with E-state index in [1.54, 1.807) is 0 Å². The van der Waals surface area contributed by atoms with Gasteiger partial charge in [-0.2, -0.15) is 4.99 Å². The second-order valence-corrected chi connectivity index (χ2v) is 7.14. The Morgan fingerprint density at radius 2 is 1.74 bits per heavy atom. The smallest absolute Gasteiger partial charge is 0.220 e. The fourth-order valence-electron chi connectivity index (χ4n) is 3.30. The van der Waals surface area contributed by atoms with Gasteiger partial charge in [0.2, 0.25) is 11.9 Å². The molecule has 0 saturated carbocycles. The Balaban J connectivity index is 1.69. The lowest BCUT2D eigenvalue weighted by Gasteiger charge is -2.38. The third-order valence-electron chi connectivity index (χ3n) is 4.50. The van der Waals surface area contributed by atoms with Crippen molar-refractivity contribution in [1.29, 1.82) is 0 Å². The third-order valence-corrected chi connectivity index (χ3v) is 4.50. The number of hydrogen-bond acceptors (Lipinski definition) is 6. The second kappa shape index (κ2) is 7.61. The number of aliphatic imine (C=N–C) groups is 2. The van der Waals surface area contributed by atoms with Crippen LogP contribution in [0, 0.1) is 0 Å². The molecule has 27 heavy (non-hydrogen) atoms. The van der Waals surface area contributed by atoms with Gasteiger partial charge in [-0.3, -0.25) is 9.69 Å². The number of rotatable bonds is 6. The van der Waals surface area contributed by atoms with Crippen LogP contribution in [0.5, 0.6) is 0 Å². The first-order valence-electron chi connectivity index (χ1n) is 8.99. The Bertz CT molecular complexity index is 886. The Labute approximate surface area is 159 Å². The van der Waals surface area contributed by atoms with Gasteiger partial charge in [-0.25, -0.2) is 4.99 Å². The lowest BCUT2D eigenvalue weighted by atomic mass is 10.0. The molecule has 6 nitrogen and oxygen atoms in total. The SMILES string of the molecule is CC1(C)N=C(N)N=C(N)N1c1cccc(CCC(=O)Cc2ccccc2)c1. The molecule has 0 unspecified atom stereocenters. The first-order chi connectivity index (χ1) is 12.8. The summed E-state index contributed by atoms with van der Waals surface area (Å²) in [4.78, 5) is 22.6. The minimum absolute atomic E-state index is 0.177. The normalized spacial score (nSPS) is 15.9. The Morgan fingerprint density at radius 1 is 1.04 bits per heavy atom. The number of guanidine groups is 2. The van der Waals surface area contributed by atoms with Gasteiger partial charge in [0, 0.05) is 18.5 Å². The van der Waals surface area contributed by atoms with E-state index in [2.05, 4.69) is 9.98 Å². The van der Waals surface area contributed by atoms with E-state index in [-0.39, 0.29) is 11.7 Å². The molecular weight excluding hydrogens is 338 g/mol. The van der Waals surface area contributed by atoms with Crippen molar-refractivity contribution in [1.82, 2.24) is 0 Å². The van der Waals surface area contributed by atoms with Crippen molar-refractivity contribution in [3.8, 4) is 0 Å². The zero-order valence-corrected chi connectivity index (χ0v) is 15.7. The van der Waals surface area contributed by atoms with Gasteiger partial charge >= 0.3 is 0 Å². The molecule has 0 amide bonds. The molecule has 140 valence electrons. The number of anilines is 1. The number of Topliss-reactive ketones (excluding diaryl/α,β-unsaturated/α-hetero) is 1. The van der Waals surface area contributed by atoms with E-state index in [1.165, 1.54) is 0 Å². The van der Waals surface area contributed by atoms with Crippen LogP contribution < -0.4 is 16.4 Å². The van der Waals surface area contributed by atoms with Crippen molar-refractivity contribution < 1.29 is 4.79 Å².